The highest BCUT2D eigenvalue weighted by Crippen LogP contribution is 2.23. The van der Waals surface area contributed by atoms with Crippen molar-refractivity contribution in [3.63, 3.8) is 0 Å². The van der Waals surface area contributed by atoms with E-state index in [4.69, 9.17) is 9.47 Å². The zero-order chi connectivity index (χ0) is 40.4. The molecule has 2 unspecified atom stereocenters. The van der Waals surface area contributed by atoms with Gasteiger partial charge in [0.2, 0.25) is 5.91 Å². The Bertz CT molecular complexity index is 849. The molecular formula is C45H89NO9. The second kappa shape index (κ2) is 36.2. The molecule has 1 fully saturated rings. The molecule has 1 rings (SSSR count). The van der Waals surface area contributed by atoms with E-state index in [1.807, 2.05) is 0 Å². The minimum absolute atomic E-state index is 0.255. The first-order chi connectivity index (χ1) is 26.8. The van der Waals surface area contributed by atoms with Crippen molar-refractivity contribution >= 4 is 5.91 Å². The van der Waals surface area contributed by atoms with Crippen LogP contribution in [-0.2, 0) is 14.3 Å². The molecule has 328 valence electrons. The van der Waals surface area contributed by atoms with E-state index in [1.165, 1.54) is 148 Å². The average molecular weight is 788 g/mol. The van der Waals surface area contributed by atoms with Crippen molar-refractivity contribution in [1.29, 1.82) is 0 Å². The first kappa shape index (κ1) is 52.2. The molecule has 8 atom stereocenters. The van der Waals surface area contributed by atoms with Crippen LogP contribution in [-0.4, -0.2) is 98.7 Å². The van der Waals surface area contributed by atoms with Gasteiger partial charge in [0.25, 0.3) is 0 Å². The maximum atomic E-state index is 13.0. The molecule has 7 N–H and O–H groups in total. The number of unbranched alkanes of at least 4 members (excludes halogenated alkanes) is 28. The molecule has 0 spiro atoms. The molecule has 0 aromatic carbocycles. The van der Waals surface area contributed by atoms with Crippen molar-refractivity contribution in [2.75, 3.05) is 13.2 Å². The Hall–Kier alpha value is -0.850. The molecule has 1 saturated heterocycles. The van der Waals surface area contributed by atoms with Crippen LogP contribution in [0.15, 0.2) is 0 Å². The van der Waals surface area contributed by atoms with Gasteiger partial charge in [0.1, 0.15) is 30.5 Å². The van der Waals surface area contributed by atoms with Gasteiger partial charge in [-0.05, 0) is 12.8 Å². The lowest BCUT2D eigenvalue weighted by atomic mass is 9.98. The Morgan fingerprint density at radius 2 is 0.945 bits per heavy atom. The molecule has 0 bridgehead atoms. The molecule has 0 aromatic rings. The van der Waals surface area contributed by atoms with Gasteiger partial charge in [-0.1, -0.05) is 200 Å². The highest BCUT2D eigenvalue weighted by Gasteiger charge is 2.44. The highest BCUT2D eigenvalue weighted by molar-refractivity contribution is 5.76. The molecule has 10 heteroatoms. The van der Waals surface area contributed by atoms with Crippen LogP contribution >= 0.6 is 0 Å². The van der Waals surface area contributed by atoms with Crippen molar-refractivity contribution in [1.82, 2.24) is 5.32 Å². The summed E-state index contributed by atoms with van der Waals surface area (Å²) in [5.74, 6) is -0.255. The Kier molecular flexibility index (Phi) is 34.4. The largest absolute Gasteiger partial charge is 0.394 e. The fraction of sp³-hybridized carbons (Fsp3) is 0.978. The van der Waals surface area contributed by atoms with E-state index in [2.05, 4.69) is 19.2 Å². The van der Waals surface area contributed by atoms with Crippen molar-refractivity contribution in [2.24, 2.45) is 0 Å². The Morgan fingerprint density at radius 1 is 0.564 bits per heavy atom. The molecule has 0 aliphatic carbocycles. The van der Waals surface area contributed by atoms with Crippen LogP contribution in [0.5, 0.6) is 0 Å². The van der Waals surface area contributed by atoms with Gasteiger partial charge < -0.3 is 45.4 Å². The van der Waals surface area contributed by atoms with Crippen LogP contribution < -0.4 is 5.32 Å². The van der Waals surface area contributed by atoms with Crippen LogP contribution in [0.1, 0.15) is 219 Å². The van der Waals surface area contributed by atoms with Crippen molar-refractivity contribution in [3.05, 3.63) is 0 Å². The smallest absolute Gasteiger partial charge is 0.220 e. The number of hydrogen-bond donors (Lipinski definition) is 7. The zero-order valence-corrected chi connectivity index (χ0v) is 35.6. The molecule has 1 aliphatic heterocycles. The Morgan fingerprint density at radius 3 is 1.35 bits per heavy atom. The molecule has 0 radical (unpaired) electrons. The van der Waals surface area contributed by atoms with Gasteiger partial charge in [-0.15, -0.1) is 0 Å². The summed E-state index contributed by atoms with van der Waals surface area (Å²) >= 11 is 0. The summed E-state index contributed by atoms with van der Waals surface area (Å²) in [5.41, 5.74) is 0. The van der Waals surface area contributed by atoms with Crippen LogP contribution in [0, 0.1) is 0 Å². The summed E-state index contributed by atoms with van der Waals surface area (Å²) in [6.07, 6.45) is 28.2. The topological polar surface area (TPSA) is 169 Å². The summed E-state index contributed by atoms with van der Waals surface area (Å²) in [5, 5.41) is 65.2. The van der Waals surface area contributed by atoms with Gasteiger partial charge in [-0.25, -0.2) is 0 Å². The molecular weight excluding hydrogens is 698 g/mol. The van der Waals surface area contributed by atoms with Crippen LogP contribution in [0.2, 0.25) is 0 Å². The van der Waals surface area contributed by atoms with Gasteiger partial charge in [0, 0.05) is 6.42 Å². The fourth-order valence-electron chi connectivity index (χ4n) is 7.73. The number of carbonyl (C=O) groups is 1. The number of aliphatic hydroxyl groups is 6. The van der Waals surface area contributed by atoms with Gasteiger partial charge >= 0.3 is 0 Å². The third kappa shape index (κ3) is 26.7. The van der Waals surface area contributed by atoms with Gasteiger partial charge in [-0.3, -0.25) is 4.79 Å². The molecule has 10 nitrogen and oxygen atoms in total. The van der Waals surface area contributed by atoms with Gasteiger partial charge in [0.05, 0.1) is 25.4 Å². The van der Waals surface area contributed by atoms with Crippen LogP contribution in [0.4, 0.5) is 0 Å². The van der Waals surface area contributed by atoms with Crippen molar-refractivity contribution < 1.29 is 44.9 Å². The molecule has 0 aromatic heterocycles. The highest BCUT2D eigenvalue weighted by atomic mass is 16.7. The zero-order valence-electron chi connectivity index (χ0n) is 35.6. The number of rotatable bonds is 39. The van der Waals surface area contributed by atoms with Crippen LogP contribution in [0.25, 0.3) is 0 Å². The lowest BCUT2D eigenvalue weighted by Crippen LogP contribution is -2.60. The van der Waals surface area contributed by atoms with E-state index in [9.17, 15) is 35.4 Å². The van der Waals surface area contributed by atoms with E-state index in [0.29, 0.717) is 6.42 Å². The van der Waals surface area contributed by atoms with E-state index in [1.54, 1.807) is 0 Å². The summed E-state index contributed by atoms with van der Waals surface area (Å²) in [4.78, 5) is 13.0. The lowest BCUT2D eigenvalue weighted by Gasteiger charge is -2.40. The molecule has 1 aliphatic rings. The second-order valence-electron chi connectivity index (χ2n) is 16.7. The quantitative estimate of drug-likeness (QED) is 0.0302. The summed E-state index contributed by atoms with van der Waals surface area (Å²) < 4.78 is 11.2. The molecule has 55 heavy (non-hydrogen) atoms. The normalized spacial score (nSPS) is 21.8. The van der Waals surface area contributed by atoms with Gasteiger partial charge in [-0.2, -0.15) is 0 Å². The maximum Gasteiger partial charge on any atom is 0.220 e. The van der Waals surface area contributed by atoms with E-state index < -0.39 is 55.6 Å². The SMILES string of the molecule is CCCCCCCCCCCCCCCCCC[C@@H](O)[C@@H](O)[C@H](CO[C@@H]1O[C@H](CO)[C@@H](O)C(O)C1O)NC(=O)CCCCCCCCCCCCCCCC. The van der Waals surface area contributed by atoms with Crippen LogP contribution in [0.3, 0.4) is 0 Å². The number of hydrogen-bond acceptors (Lipinski definition) is 9. The van der Waals surface area contributed by atoms with E-state index in [0.717, 1.165) is 44.9 Å². The van der Waals surface area contributed by atoms with E-state index >= 15 is 0 Å². The third-order valence-electron chi connectivity index (χ3n) is 11.6. The first-order valence-corrected chi connectivity index (χ1v) is 23.3. The summed E-state index contributed by atoms with van der Waals surface area (Å²) in [7, 11) is 0. The lowest BCUT2D eigenvalue weighted by molar-refractivity contribution is -0.303. The second-order valence-corrected chi connectivity index (χ2v) is 16.7. The average Bonchev–Trinajstić information content (AvgIpc) is 3.18. The number of carbonyl (C=O) groups excluding carboxylic acids is 1. The minimum Gasteiger partial charge on any atom is -0.394 e. The number of aliphatic hydroxyl groups excluding tert-OH is 6. The standard InChI is InChI=1S/C45H89NO9/c1-3-5-7-9-11-13-15-17-19-20-21-23-25-27-29-31-33-38(48)41(50)37(36-54-45-44(53)43(52)42(51)39(35-47)55-45)46-40(49)34-32-30-28-26-24-22-18-16-14-12-10-8-6-4-2/h37-39,41-45,47-48,50-53H,3-36H2,1-2H3,(H,46,49)/t37-,38+,39+,41-,42+,43?,44?,45+/m0/s1. The molecule has 1 heterocycles. The number of amides is 1. The minimum atomic E-state index is -1.60. The Labute approximate surface area is 336 Å². The third-order valence-corrected chi connectivity index (χ3v) is 11.6. The number of nitrogens with one attached hydrogen (secondary N) is 1. The Balaban J connectivity index is 2.38. The maximum absolute atomic E-state index is 13.0. The molecule has 1 amide bonds. The van der Waals surface area contributed by atoms with Crippen molar-refractivity contribution in [2.45, 2.75) is 268 Å². The van der Waals surface area contributed by atoms with Crippen molar-refractivity contribution in [3.8, 4) is 0 Å². The first-order valence-electron chi connectivity index (χ1n) is 23.3. The fourth-order valence-corrected chi connectivity index (χ4v) is 7.73. The number of ether oxygens (including phenoxy) is 2. The predicted molar refractivity (Wildman–Crippen MR) is 223 cm³/mol. The summed E-state index contributed by atoms with van der Waals surface area (Å²) in [6, 6.07) is -0.984. The molecule has 0 saturated carbocycles. The summed E-state index contributed by atoms with van der Waals surface area (Å²) in [6.45, 7) is 3.62. The monoisotopic (exact) mass is 788 g/mol. The predicted octanol–water partition coefficient (Wildman–Crippen LogP) is 8.53. The van der Waals surface area contributed by atoms with Gasteiger partial charge in [0.15, 0.2) is 6.29 Å². The van der Waals surface area contributed by atoms with E-state index in [-0.39, 0.29) is 18.9 Å².